The molecule has 190 valence electrons. The summed E-state index contributed by atoms with van der Waals surface area (Å²) in [6.07, 6.45) is 4.13. The minimum atomic E-state index is -0.427. The van der Waals surface area contributed by atoms with E-state index in [9.17, 15) is 9.90 Å². The molecule has 0 aliphatic heterocycles. The summed E-state index contributed by atoms with van der Waals surface area (Å²) in [6.45, 7) is 4.20. The zero-order valence-corrected chi connectivity index (χ0v) is 21.3. The first-order chi connectivity index (χ1) is 17.4. The van der Waals surface area contributed by atoms with Crippen molar-refractivity contribution in [1.29, 1.82) is 0 Å². The van der Waals surface area contributed by atoms with E-state index in [4.69, 9.17) is 23.7 Å². The van der Waals surface area contributed by atoms with Gasteiger partial charge in [0.05, 0.1) is 37.9 Å². The number of hydrogen-bond acceptors (Lipinski definition) is 7. The molecule has 1 atom stereocenters. The van der Waals surface area contributed by atoms with Crippen molar-refractivity contribution in [2.24, 2.45) is 0 Å². The third kappa shape index (κ3) is 4.64. The lowest BCUT2D eigenvalue weighted by molar-refractivity contribution is 0.0261. The molecule has 0 spiro atoms. The summed E-state index contributed by atoms with van der Waals surface area (Å²) in [6, 6.07) is 9.58. The molecule has 0 aromatic heterocycles. The molecule has 0 fully saturated rings. The van der Waals surface area contributed by atoms with Gasteiger partial charge < -0.3 is 28.8 Å². The number of rotatable bonds is 9. The van der Waals surface area contributed by atoms with Gasteiger partial charge in [-0.05, 0) is 49.6 Å². The fourth-order valence-corrected chi connectivity index (χ4v) is 4.80. The van der Waals surface area contributed by atoms with Crippen LogP contribution in [-0.2, 0) is 16.1 Å². The van der Waals surface area contributed by atoms with Crippen LogP contribution in [-0.4, -0.2) is 39.0 Å². The Bertz CT molecular complexity index is 1290. The topological polar surface area (TPSA) is 83.5 Å². The van der Waals surface area contributed by atoms with Gasteiger partial charge in [0.2, 0.25) is 0 Å². The number of aryl methyl sites for hydroxylation is 1. The molecule has 3 aromatic carbocycles. The molecule has 0 radical (unpaired) electrons. The molecule has 1 aliphatic rings. The van der Waals surface area contributed by atoms with Crippen LogP contribution in [0.15, 0.2) is 36.4 Å². The number of ether oxygens (including phenoxy) is 5. The van der Waals surface area contributed by atoms with Crippen molar-refractivity contribution in [1.82, 2.24) is 0 Å². The van der Waals surface area contributed by atoms with Crippen LogP contribution >= 0.6 is 0 Å². The van der Waals surface area contributed by atoms with E-state index < -0.39 is 6.10 Å². The molecule has 4 rings (SSSR count). The van der Waals surface area contributed by atoms with Crippen LogP contribution in [0.1, 0.15) is 58.5 Å². The van der Waals surface area contributed by atoms with Crippen molar-refractivity contribution in [3.05, 3.63) is 64.2 Å². The lowest BCUT2D eigenvalue weighted by Gasteiger charge is -2.29. The number of fused-ring (bicyclic) bond motifs is 2. The number of phenols is 1. The lowest BCUT2D eigenvalue weighted by Crippen LogP contribution is -2.20. The second kappa shape index (κ2) is 11.0. The number of benzene rings is 3. The Morgan fingerprint density at radius 2 is 1.83 bits per heavy atom. The molecule has 0 unspecified atom stereocenters. The van der Waals surface area contributed by atoms with Crippen molar-refractivity contribution in [2.75, 3.05) is 28.1 Å². The summed E-state index contributed by atoms with van der Waals surface area (Å²) in [7, 11) is 4.72. The molecular formula is C29H32O7. The van der Waals surface area contributed by atoms with Crippen LogP contribution in [0.25, 0.3) is 16.8 Å². The van der Waals surface area contributed by atoms with Gasteiger partial charge in [-0.3, -0.25) is 4.79 Å². The number of ketones is 1. The van der Waals surface area contributed by atoms with Gasteiger partial charge in [0, 0.05) is 30.0 Å². The highest BCUT2D eigenvalue weighted by Gasteiger charge is 2.36. The molecule has 0 saturated heterocycles. The largest absolute Gasteiger partial charge is 0.506 e. The second-order valence-corrected chi connectivity index (χ2v) is 8.69. The molecule has 36 heavy (non-hydrogen) atoms. The molecule has 3 aromatic rings. The fourth-order valence-electron chi connectivity index (χ4n) is 4.80. The first-order valence-corrected chi connectivity index (χ1v) is 11.9. The highest BCUT2D eigenvalue weighted by Crippen LogP contribution is 2.52. The predicted molar refractivity (Wildman–Crippen MR) is 138 cm³/mol. The molecule has 0 saturated carbocycles. The van der Waals surface area contributed by atoms with Crippen molar-refractivity contribution in [3.63, 3.8) is 0 Å². The number of hydrogen-bond donors (Lipinski definition) is 1. The Hall–Kier alpha value is -3.55. The molecule has 0 amide bonds. The zero-order chi connectivity index (χ0) is 25.8. The van der Waals surface area contributed by atoms with Crippen LogP contribution in [0.3, 0.4) is 0 Å². The number of methoxy groups -OCH3 is 3. The molecule has 1 aliphatic carbocycles. The van der Waals surface area contributed by atoms with E-state index in [1.54, 1.807) is 14.2 Å². The SMILES string of the molecule is CC=Cc1c(C)cc2c(OC)c3c(c(O)c2c1OCOC)C(=O)CC[C@@H]3OCc1ccc(OC)cc1. The smallest absolute Gasteiger partial charge is 0.188 e. The first-order valence-electron chi connectivity index (χ1n) is 11.9. The minimum absolute atomic E-state index is 0.0104. The first kappa shape index (κ1) is 25.5. The summed E-state index contributed by atoms with van der Waals surface area (Å²) in [5, 5.41) is 12.6. The predicted octanol–water partition coefficient (Wildman–Crippen LogP) is 6.12. The third-order valence-electron chi connectivity index (χ3n) is 6.46. The number of carbonyl (C=O) groups excluding carboxylic acids is 1. The van der Waals surface area contributed by atoms with E-state index >= 15 is 0 Å². The molecule has 1 N–H and O–H groups in total. The Morgan fingerprint density at radius 1 is 1.08 bits per heavy atom. The van der Waals surface area contributed by atoms with E-state index in [0.29, 0.717) is 40.9 Å². The number of aromatic hydroxyl groups is 1. The summed E-state index contributed by atoms with van der Waals surface area (Å²) in [5.74, 6) is 1.43. The van der Waals surface area contributed by atoms with Gasteiger partial charge in [-0.2, -0.15) is 0 Å². The Balaban J connectivity index is 1.88. The highest BCUT2D eigenvalue weighted by atomic mass is 16.7. The second-order valence-electron chi connectivity index (χ2n) is 8.69. The quantitative estimate of drug-likeness (QED) is 0.360. The molecule has 7 nitrogen and oxygen atoms in total. The monoisotopic (exact) mass is 492 g/mol. The molecule has 0 heterocycles. The van der Waals surface area contributed by atoms with E-state index in [2.05, 4.69) is 0 Å². The maximum Gasteiger partial charge on any atom is 0.188 e. The summed E-state index contributed by atoms with van der Waals surface area (Å²) in [4.78, 5) is 13.1. The molecular weight excluding hydrogens is 460 g/mol. The molecule has 7 heteroatoms. The van der Waals surface area contributed by atoms with E-state index in [1.807, 2.05) is 56.3 Å². The molecule has 0 bridgehead atoms. The summed E-state index contributed by atoms with van der Waals surface area (Å²) >= 11 is 0. The van der Waals surface area contributed by atoms with Gasteiger partial charge in [-0.1, -0.05) is 24.3 Å². The third-order valence-corrected chi connectivity index (χ3v) is 6.46. The maximum absolute atomic E-state index is 13.1. The highest BCUT2D eigenvalue weighted by molar-refractivity contribution is 6.12. The zero-order valence-electron chi connectivity index (χ0n) is 21.3. The van der Waals surface area contributed by atoms with Crippen LogP contribution < -0.4 is 14.2 Å². The Labute approximate surface area is 211 Å². The number of Topliss-reactive ketones (excluding diaryl/α,β-unsaturated/α-hetero) is 1. The summed E-state index contributed by atoms with van der Waals surface area (Å²) in [5.41, 5.74) is 3.50. The van der Waals surface area contributed by atoms with Crippen molar-refractivity contribution in [3.8, 4) is 23.0 Å². The number of phenolic OH excluding ortho intramolecular Hbond substituents is 1. The van der Waals surface area contributed by atoms with Crippen LogP contribution in [0.5, 0.6) is 23.0 Å². The van der Waals surface area contributed by atoms with Gasteiger partial charge in [-0.15, -0.1) is 0 Å². The standard InChI is InChI=1S/C29H32O7/c1-6-7-20-17(2)14-21-24(29(20)36-16-32-3)27(31)25-22(30)12-13-23(26(25)28(21)34-5)35-15-18-8-10-19(33-4)11-9-18/h6-11,14,23,31H,12-13,15-16H2,1-5H3/t23-/m0/s1. The Morgan fingerprint density at radius 3 is 2.47 bits per heavy atom. The van der Waals surface area contributed by atoms with E-state index in [1.165, 1.54) is 7.11 Å². The normalized spacial score (nSPS) is 15.4. The van der Waals surface area contributed by atoms with Gasteiger partial charge in [-0.25, -0.2) is 0 Å². The van der Waals surface area contributed by atoms with Gasteiger partial charge in [0.25, 0.3) is 0 Å². The van der Waals surface area contributed by atoms with Crippen molar-refractivity contribution in [2.45, 2.75) is 39.4 Å². The average Bonchev–Trinajstić information content (AvgIpc) is 2.88. The van der Waals surface area contributed by atoms with Crippen LogP contribution in [0.4, 0.5) is 0 Å². The van der Waals surface area contributed by atoms with E-state index in [0.717, 1.165) is 22.4 Å². The fraction of sp³-hybridized carbons (Fsp3) is 0.345. The van der Waals surface area contributed by atoms with Crippen LogP contribution in [0.2, 0.25) is 0 Å². The minimum Gasteiger partial charge on any atom is -0.506 e. The van der Waals surface area contributed by atoms with Gasteiger partial charge >= 0.3 is 0 Å². The van der Waals surface area contributed by atoms with Crippen molar-refractivity contribution >= 4 is 22.6 Å². The van der Waals surface area contributed by atoms with Crippen LogP contribution in [0, 0.1) is 6.92 Å². The van der Waals surface area contributed by atoms with Gasteiger partial charge in [0.15, 0.2) is 12.6 Å². The maximum atomic E-state index is 13.1. The van der Waals surface area contributed by atoms with Crippen molar-refractivity contribution < 1.29 is 33.6 Å². The lowest BCUT2D eigenvalue weighted by atomic mass is 9.83. The van der Waals surface area contributed by atoms with E-state index in [-0.39, 0.29) is 30.3 Å². The number of carbonyl (C=O) groups is 1. The van der Waals surface area contributed by atoms with Gasteiger partial charge in [0.1, 0.15) is 23.0 Å². The summed E-state index contributed by atoms with van der Waals surface area (Å²) < 4.78 is 28.5. The Kier molecular flexibility index (Phi) is 7.82. The number of allylic oxidation sites excluding steroid dienone is 1. The average molecular weight is 493 g/mol.